The summed E-state index contributed by atoms with van der Waals surface area (Å²) in [7, 11) is 0. The molecule has 144 valence electrons. The Morgan fingerprint density at radius 2 is 1.82 bits per heavy atom. The normalized spacial score (nSPS) is 15.5. The number of rotatable bonds is 2. The highest BCUT2D eigenvalue weighted by Gasteiger charge is 2.25. The largest absolute Gasteiger partial charge is 0.384 e. The number of nitrogens with two attached hydrogens (primary N) is 1. The molecule has 3 aromatic heterocycles. The fourth-order valence-corrected chi connectivity index (χ4v) is 3.28. The predicted molar refractivity (Wildman–Crippen MR) is 108 cm³/mol. The second kappa shape index (κ2) is 8.73. The molecule has 0 aromatic carbocycles. The monoisotopic (exact) mass is 377 g/mol. The van der Waals surface area contributed by atoms with Gasteiger partial charge >= 0.3 is 0 Å². The average Bonchev–Trinajstić information content (AvgIpc) is 3.21. The van der Waals surface area contributed by atoms with Crippen LogP contribution in [0.4, 0.5) is 17.3 Å². The van der Waals surface area contributed by atoms with Gasteiger partial charge < -0.3 is 20.7 Å². The summed E-state index contributed by atoms with van der Waals surface area (Å²) in [6.07, 6.45) is 7.84. The topological polar surface area (TPSA) is 102 Å². The van der Waals surface area contributed by atoms with Crippen molar-refractivity contribution in [1.29, 1.82) is 0 Å². The molecule has 0 aliphatic carbocycles. The first-order valence-electron chi connectivity index (χ1n) is 9.35. The molecule has 1 saturated heterocycles. The third-order valence-corrected chi connectivity index (χ3v) is 4.64. The summed E-state index contributed by atoms with van der Waals surface area (Å²) in [5, 5.41) is 3.16. The van der Waals surface area contributed by atoms with Gasteiger partial charge in [0.25, 0.3) is 0 Å². The fraction of sp³-hybridized carbons (Fsp3) is 0.300. The van der Waals surface area contributed by atoms with Crippen molar-refractivity contribution in [2.75, 3.05) is 43.5 Å². The van der Waals surface area contributed by atoms with Crippen molar-refractivity contribution >= 4 is 17.3 Å². The van der Waals surface area contributed by atoms with Crippen molar-refractivity contribution in [3.8, 4) is 11.3 Å². The Morgan fingerprint density at radius 1 is 1.00 bits per heavy atom. The maximum atomic E-state index is 5.66. The zero-order chi connectivity index (χ0) is 19.2. The Bertz CT molecular complexity index is 887. The highest BCUT2D eigenvalue weighted by molar-refractivity contribution is 5.75. The minimum Gasteiger partial charge on any atom is -0.384 e. The number of fused-ring (bicyclic) bond motifs is 1. The van der Waals surface area contributed by atoms with Crippen molar-refractivity contribution in [3.05, 3.63) is 54.7 Å². The van der Waals surface area contributed by atoms with E-state index >= 15 is 0 Å². The number of pyridine rings is 2. The number of morpholine rings is 1. The van der Waals surface area contributed by atoms with Gasteiger partial charge in [-0.15, -0.1) is 0 Å². The van der Waals surface area contributed by atoms with Crippen LogP contribution in [0.1, 0.15) is 5.56 Å². The van der Waals surface area contributed by atoms with Crippen LogP contribution in [-0.4, -0.2) is 52.8 Å². The number of hydrogen-bond donors (Lipinski definition) is 2. The molecule has 0 atom stereocenters. The van der Waals surface area contributed by atoms with E-state index in [0.717, 1.165) is 67.6 Å². The quantitative estimate of drug-likeness (QED) is 0.697. The molecule has 1 fully saturated rings. The van der Waals surface area contributed by atoms with E-state index in [4.69, 9.17) is 10.5 Å². The van der Waals surface area contributed by atoms with Crippen LogP contribution in [0.15, 0.2) is 49.2 Å². The molecule has 2 aliphatic heterocycles. The molecule has 0 unspecified atom stereocenters. The molecule has 28 heavy (non-hydrogen) atoms. The number of nitrogen functional groups attached to an aromatic ring is 1. The highest BCUT2D eigenvalue weighted by atomic mass is 16.5. The van der Waals surface area contributed by atoms with Gasteiger partial charge in [-0.1, -0.05) is 0 Å². The molecular formula is C20H23N7O. The van der Waals surface area contributed by atoms with Crippen molar-refractivity contribution in [3.63, 3.8) is 0 Å². The third kappa shape index (κ3) is 4.08. The molecule has 0 spiro atoms. The van der Waals surface area contributed by atoms with Gasteiger partial charge in [-0.3, -0.25) is 4.98 Å². The van der Waals surface area contributed by atoms with Crippen LogP contribution in [0.3, 0.4) is 0 Å². The molecule has 0 radical (unpaired) electrons. The third-order valence-electron chi connectivity index (χ3n) is 4.64. The van der Waals surface area contributed by atoms with Crippen molar-refractivity contribution in [2.45, 2.75) is 6.42 Å². The van der Waals surface area contributed by atoms with E-state index in [-0.39, 0.29) is 0 Å². The number of nitrogens with one attached hydrogen (secondary N) is 1. The molecule has 3 aromatic rings. The van der Waals surface area contributed by atoms with Crippen molar-refractivity contribution in [2.24, 2.45) is 0 Å². The number of hydrogen-bond acceptors (Lipinski definition) is 8. The van der Waals surface area contributed by atoms with Crippen molar-refractivity contribution in [1.82, 2.24) is 25.3 Å². The summed E-state index contributed by atoms with van der Waals surface area (Å²) >= 11 is 0. The minimum atomic E-state index is 0.507. The lowest BCUT2D eigenvalue weighted by Crippen LogP contribution is -2.30. The van der Waals surface area contributed by atoms with Crippen LogP contribution < -0.4 is 16.0 Å². The average molecular weight is 377 g/mol. The molecular weight excluding hydrogens is 354 g/mol. The number of anilines is 3. The standard InChI is InChI=1S/C16H14N6.C4H9NO/c17-14-2-1-11(9-19-14)15-13-5-8-22(16(13)21-10-20-15)12-3-6-18-7-4-12;1-3-6-4-2-5-1/h1-4,6-7,9-10H,5,8H2,(H2,17,19);5H,1-4H2. The maximum Gasteiger partial charge on any atom is 0.140 e. The Morgan fingerprint density at radius 3 is 2.46 bits per heavy atom. The van der Waals surface area contributed by atoms with Crippen LogP contribution in [0.2, 0.25) is 0 Å². The first-order valence-corrected chi connectivity index (χ1v) is 9.35. The van der Waals surface area contributed by atoms with E-state index in [9.17, 15) is 0 Å². The van der Waals surface area contributed by atoms with E-state index < -0.39 is 0 Å². The lowest BCUT2D eigenvalue weighted by molar-refractivity contribution is 0.109. The predicted octanol–water partition coefficient (Wildman–Crippen LogP) is 1.82. The summed E-state index contributed by atoms with van der Waals surface area (Å²) in [6.45, 7) is 4.72. The van der Waals surface area contributed by atoms with Crippen molar-refractivity contribution < 1.29 is 4.74 Å². The summed E-state index contributed by atoms with van der Waals surface area (Å²) in [4.78, 5) is 19.3. The second-order valence-corrected chi connectivity index (χ2v) is 6.47. The van der Waals surface area contributed by atoms with E-state index in [1.165, 1.54) is 0 Å². The first-order chi connectivity index (χ1) is 13.8. The van der Waals surface area contributed by atoms with Gasteiger partial charge in [0.15, 0.2) is 0 Å². The minimum absolute atomic E-state index is 0.507. The highest BCUT2D eigenvalue weighted by Crippen LogP contribution is 2.36. The van der Waals surface area contributed by atoms with Gasteiger partial charge in [0.05, 0.1) is 18.9 Å². The molecule has 5 rings (SSSR count). The summed E-state index contributed by atoms with van der Waals surface area (Å²) in [5.41, 5.74) is 9.78. The number of aromatic nitrogens is 4. The van der Waals surface area contributed by atoms with E-state index in [1.807, 2.05) is 18.2 Å². The summed E-state index contributed by atoms with van der Waals surface area (Å²) in [5.74, 6) is 1.46. The molecule has 3 N–H and O–H groups in total. The van der Waals surface area contributed by atoms with E-state index in [2.05, 4.69) is 30.2 Å². The maximum absolute atomic E-state index is 5.66. The van der Waals surface area contributed by atoms with Gasteiger partial charge in [0.1, 0.15) is 18.0 Å². The molecule has 0 bridgehead atoms. The van der Waals surface area contributed by atoms with Gasteiger partial charge in [-0.2, -0.15) is 0 Å². The lowest BCUT2D eigenvalue weighted by atomic mass is 10.1. The van der Waals surface area contributed by atoms with Crippen LogP contribution in [-0.2, 0) is 11.2 Å². The number of ether oxygens (including phenoxy) is 1. The van der Waals surface area contributed by atoms with Gasteiger partial charge in [-0.05, 0) is 30.7 Å². The fourth-order valence-electron chi connectivity index (χ4n) is 3.28. The number of nitrogens with zero attached hydrogens (tertiary/aromatic N) is 5. The second-order valence-electron chi connectivity index (χ2n) is 6.47. The van der Waals surface area contributed by atoms with Crippen LogP contribution in [0, 0.1) is 0 Å². The molecule has 8 nitrogen and oxygen atoms in total. The first kappa shape index (κ1) is 18.3. The molecule has 2 aliphatic rings. The molecule has 0 saturated carbocycles. The Labute approximate surface area is 163 Å². The SMILES string of the molecule is C1COCCN1.Nc1ccc(-c2ncnc3c2CCN3c2ccncc2)cn1. The van der Waals surface area contributed by atoms with E-state index in [1.54, 1.807) is 31.0 Å². The van der Waals surface area contributed by atoms with Gasteiger partial charge in [0.2, 0.25) is 0 Å². The smallest absolute Gasteiger partial charge is 0.140 e. The molecule has 5 heterocycles. The summed E-state index contributed by atoms with van der Waals surface area (Å²) in [6, 6.07) is 7.71. The van der Waals surface area contributed by atoms with E-state index in [0.29, 0.717) is 5.82 Å². The Balaban J connectivity index is 0.000000275. The van der Waals surface area contributed by atoms with Gasteiger partial charge in [-0.25, -0.2) is 15.0 Å². The van der Waals surface area contributed by atoms with Crippen LogP contribution in [0.25, 0.3) is 11.3 Å². The zero-order valence-corrected chi connectivity index (χ0v) is 15.6. The van der Waals surface area contributed by atoms with Crippen LogP contribution >= 0.6 is 0 Å². The zero-order valence-electron chi connectivity index (χ0n) is 15.6. The van der Waals surface area contributed by atoms with Crippen LogP contribution in [0.5, 0.6) is 0 Å². The molecule has 0 amide bonds. The Hall–Kier alpha value is -3.10. The molecule has 8 heteroatoms. The Kier molecular flexibility index (Phi) is 5.69. The van der Waals surface area contributed by atoms with Gasteiger partial charge in [0, 0.05) is 55.0 Å². The lowest BCUT2D eigenvalue weighted by Gasteiger charge is -2.18. The summed E-state index contributed by atoms with van der Waals surface area (Å²) < 4.78 is 5.01.